The Kier molecular flexibility index (Phi) is 4.46. The van der Waals surface area contributed by atoms with Crippen LogP contribution in [0.25, 0.3) is 43.1 Å². The predicted octanol–water partition coefficient (Wildman–Crippen LogP) is 8.29. The van der Waals surface area contributed by atoms with Gasteiger partial charge in [0.25, 0.3) is 0 Å². The largest absolute Gasteiger partial charge is 0.0622 e. The van der Waals surface area contributed by atoms with Gasteiger partial charge in [-0.2, -0.15) is 0 Å². The zero-order chi connectivity index (χ0) is 19.6. The highest BCUT2D eigenvalue weighted by atomic mass is 14.1. The average molecular weight is 370 g/mol. The summed E-state index contributed by atoms with van der Waals surface area (Å²) < 4.78 is 0. The molecule has 0 heterocycles. The Morgan fingerprint density at radius 1 is 0.345 bits per heavy atom. The molecule has 138 valence electrons. The second-order valence-electron chi connectivity index (χ2n) is 7.52. The molecule has 0 aromatic heterocycles. The monoisotopic (exact) mass is 370 g/mol. The maximum absolute atomic E-state index is 2.33. The van der Waals surface area contributed by atoms with Gasteiger partial charge in [0, 0.05) is 0 Å². The Balaban J connectivity index is 0.000000222. The van der Waals surface area contributed by atoms with Gasteiger partial charge < -0.3 is 0 Å². The van der Waals surface area contributed by atoms with Crippen LogP contribution in [0.4, 0.5) is 0 Å². The van der Waals surface area contributed by atoms with Crippen LogP contribution in [0.5, 0.6) is 0 Å². The molecule has 6 rings (SSSR count). The zero-order valence-corrected chi connectivity index (χ0v) is 16.5. The number of fused-ring (bicyclic) bond motifs is 6. The molecule has 0 bridgehead atoms. The summed E-state index contributed by atoms with van der Waals surface area (Å²) in [5.41, 5.74) is 1.32. The quantitative estimate of drug-likeness (QED) is 0.186. The zero-order valence-electron chi connectivity index (χ0n) is 16.5. The van der Waals surface area contributed by atoms with Gasteiger partial charge in [-0.1, -0.05) is 109 Å². The van der Waals surface area contributed by atoms with Crippen molar-refractivity contribution in [3.63, 3.8) is 0 Å². The number of hydrogen-bond acceptors (Lipinski definition) is 0. The number of hydrogen-bond donors (Lipinski definition) is 0. The van der Waals surface area contributed by atoms with Crippen molar-refractivity contribution >= 4 is 43.1 Å². The third-order valence-corrected chi connectivity index (χ3v) is 5.55. The van der Waals surface area contributed by atoms with Crippen molar-refractivity contribution < 1.29 is 0 Å². The molecule has 0 N–H and O–H groups in total. The fraction of sp³-hybridized carbons (Fsp3) is 0.0345. The third-order valence-electron chi connectivity index (χ3n) is 5.55. The molecule has 0 nitrogen and oxygen atoms in total. The van der Waals surface area contributed by atoms with E-state index in [1.807, 2.05) is 18.2 Å². The molecular formula is C29H22. The van der Waals surface area contributed by atoms with Gasteiger partial charge in [-0.25, -0.2) is 0 Å². The Labute approximate surface area is 171 Å². The van der Waals surface area contributed by atoms with Gasteiger partial charge in [0.1, 0.15) is 0 Å². The third kappa shape index (κ3) is 3.34. The van der Waals surface area contributed by atoms with E-state index >= 15 is 0 Å². The highest BCUT2D eigenvalue weighted by molar-refractivity contribution is 6.17. The predicted molar refractivity (Wildman–Crippen MR) is 128 cm³/mol. The molecule has 6 aromatic carbocycles. The first-order valence-electron chi connectivity index (χ1n) is 10.0. The Bertz CT molecular complexity index is 1350. The van der Waals surface area contributed by atoms with Crippen LogP contribution in [0, 0.1) is 6.92 Å². The van der Waals surface area contributed by atoms with Crippen molar-refractivity contribution in [1.82, 2.24) is 0 Å². The molecule has 0 saturated carbocycles. The van der Waals surface area contributed by atoms with E-state index in [9.17, 15) is 0 Å². The molecule has 0 atom stereocenters. The lowest BCUT2D eigenvalue weighted by molar-refractivity contribution is 1.48. The highest BCUT2D eigenvalue weighted by Crippen LogP contribution is 2.32. The molecule has 0 aliphatic heterocycles. The van der Waals surface area contributed by atoms with Crippen LogP contribution < -0.4 is 0 Å². The summed E-state index contributed by atoms with van der Waals surface area (Å²) in [6, 6.07) is 41.1. The van der Waals surface area contributed by atoms with Gasteiger partial charge in [0.05, 0.1) is 0 Å². The molecule has 6 aromatic rings. The highest BCUT2D eigenvalue weighted by Gasteiger charge is 2.05. The van der Waals surface area contributed by atoms with Crippen molar-refractivity contribution in [2.24, 2.45) is 0 Å². The van der Waals surface area contributed by atoms with Crippen molar-refractivity contribution in [2.45, 2.75) is 6.92 Å². The van der Waals surface area contributed by atoms with E-state index in [2.05, 4.69) is 104 Å². The Morgan fingerprint density at radius 2 is 0.759 bits per heavy atom. The minimum atomic E-state index is 1.30. The van der Waals surface area contributed by atoms with Gasteiger partial charge in [-0.05, 0) is 62.1 Å². The minimum absolute atomic E-state index is 1.30. The standard InChI is InChI=1S/C22H14.C7H8/c1-3-7-19-15(5-1)9-11-17-14-22-18(13-21(17)19)12-10-16-6-2-4-8-20(16)22;1-7-5-3-2-4-6-7/h1-14H;2-6H,1H3. The molecule has 0 heteroatoms. The molecule has 0 aliphatic rings. The maximum Gasteiger partial charge on any atom is -0.00990 e. The van der Waals surface area contributed by atoms with Crippen LogP contribution in [-0.2, 0) is 0 Å². The van der Waals surface area contributed by atoms with Gasteiger partial charge in [-0.3, -0.25) is 0 Å². The topological polar surface area (TPSA) is 0 Å². The lowest BCUT2D eigenvalue weighted by Gasteiger charge is -2.08. The number of rotatable bonds is 0. The summed E-state index contributed by atoms with van der Waals surface area (Å²) in [6.45, 7) is 2.08. The van der Waals surface area contributed by atoms with Crippen molar-refractivity contribution in [3.05, 3.63) is 121 Å². The van der Waals surface area contributed by atoms with Crippen molar-refractivity contribution in [2.75, 3.05) is 0 Å². The Hall–Kier alpha value is -3.64. The van der Waals surface area contributed by atoms with Crippen molar-refractivity contribution in [1.29, 1.82) is 0 Å². The van der Waals surface area contributed by atoms with E-state index < -0.39 is 0 Å². The fourth-order valence-electron chi connectivity index (χ4n) is 4.04. The molecule has 0 saturated heterocycles. The first-order chi connectivity index (χ1) is 14.3. The van der Waals surface area contributed by atoms with Crippen LogP contribution >= 0.6 is 0 Å². The smallest absolute Gasteiger partial charge is 0.00990 e. The second kappa shape index (κ2) is 7.41. The second-order valence-corrected chi connectivity index (χ2v) is 7.52. The minimum Gasteiger partial charge on any atom is -0.0622 e. The first-order valence-corrected chi connectivity index (χ1v) is 10.0. The van der Waals surface area contributed by atoms with E-state index in [-0.39, 0.29) is 0 Å². The molecule has 0 fully saturated rings. The van der Waals surface area contributed by atoms with Crippen LogP contribution in [0.2, 0.25) is 0 Å². The molecule has 0 radical (unpaired) electrons. The molecular weight excluding hydrogens is 348 g/mol. The number of aryl methyl sites for hydroxylation is 1. The van der Waals surface area contributed by atoms with Gasteiger partial charge in [-0.15, -0.1) is 0 Å². The number of benzene rings is 6. The average Bonchev–Trinajstić information content (AvgIpc) is 2.79. The summed E-state index contributed by atoms with van der Waals surface area (Å²) >= 11 is 0. The molecule has 29 heavy (non-hydrogen) atoms. The summed E-state index contributed by atoms with van der Waals surface area (Å²) in [6.07, 6.45) is 0. The van der Waals surface area contributed by atoms with E-state index in [0.29, 0.717) is 0 Å². The van der Waals surface area contributed by atoms with Crippen LogP contribution in [0.15, 0.2) is 115 Å². The molecule has 0 amide bonds. The SMILES string of the molecule is Cc1ccccc1.c1ccc2c(c1)ccc1cc3c(ccc4ccccc43)cc12. The lowest BCUT2D eigenvalue weighted by atomic mass is 9.95. The van der Waals surface area contributed by atoms with Gasteiger partial charge >= 0.3 is 0 Å². The lowest BCUT2D eigenvalue weighted by Crippen LogP contribution is -1.81. The summed E-state index contributed by atoms with van der Waals surface area (Å²) in [7, 11) is 0. The Morgan fingerprint density at radius 3 is 1.21 bits per heavy atom. The van der Waals surface area contributed by atoms with E-state index in [1.54, 1.807) is 0 Å². The summed E-state index contributed by atoms with van der Waals surface area (Å²) in [4.78, 5) is 0. The van der Waals surface area contributed by atoms with E-state index in [1.165, 1.54) is 48.7 Å². The van der Waals surface area contributed by atoms with E-state index in [0.717, 1.165) is 0 Å². The summed E-state index contributed by atoms with van der Waals surface area (Å²) in [5, 5.41) is 10.5. The van der Waals surface area contributed by atoms with Crippen LogP contribution in [0.3, 0.4) is 0 Å². The molecule has 0 aliphatic carbocycles. The van der Waals surface area contributed by atoms with Gasteiger partial charge in [0.2, 0.25) is 0 Å². The van der Waals surface area contributed by atoms with Gasteiger partial charge in [0.15, 0.2) is 0 Å². The van der Waals surface area contributed by atoms with Crippen LogP contribution in [-0.4, -0.2) is 0 Å². The normalized spacial score (nSPS) is 10.9. The first kappa shape index (κ1) is 17.5. The van der Waals surface area contributed by atoms with Crippen molar-refractivity contribution in [3.8, 4) is 0 Å². The molecule has 0 unspecified atom stereocenters. The molecule has 0 spiro atoms. The van der Waals surface area contributed by atoms with Crippen LogP contribution in [0.1, 0.15) is 5.56 Å². The fourth-order valence-corrected chi connectivity index (χ4v) is 4.04. The maximum atomic E-state index is 2.33. The summed E-state index contributed by atoms with van der Waals surface area (Å²) in [5.74, 6) is 0. The van der Waals surface area contributed by atoms with E-state index in [4.69, 9.17) is 0 Å².